The maximum absolute atomic E-state index is 13.2. The number of furan rings is 1. The molecule has 0 amide bonds. The summed E-state index contributed by atoms with van der Waals surface area (Å²) in [5, 5.41) is 8.65. The van der Waals surface area contributed by atoms with Crippen LogP contribution in [0.3, 0.4) is 0 Å². The minimum Gasteiger partial charge on any atom is -0.426 e. The van der Waals surface area contributed by atoms with Crippen LogP contribution in [0.1, 0.15) is 26.3 Å². The number of nitrogens with zero attached hydrogens (tertiary/aromatic N) is 2. The van der Waals surface area contributed by atoms with Crippen LogP contribution in [-0.4, -0.2) is 28.3 Å². The van der Waals surface area contributed by atoms with E-state index in [0.29, 0.717) is 32.3 Å². The van der Waals surface area contributed by atoms with E-state index in [1.54, 1.807) is 46.0 Å². The Balaban J connectivity index is 1.78. The van der Waals surface area contributed by atoms with Gasteiger partial charge in [-0.25, -0.2) is 13.4 Å². The average molecular weight is 540 g/mol. The molecule has 5 aromatic rings. The van der Waals surface area contributed by atoms with E-state index < -0.39 is 14.6 Å². The van der Waals surface area contributed by atoms with Crippen LogP contribution in [0.15, 0.2) is 70.3 Å². The molecule has 0 aliphatic rings. The standard InChI is InChI=1S/C27H23Cl2N3O3S/c1-15-20-14-21(16-5-8-18(28)9-6-16)24(31-25(20)35-26(15)36(33,34)27(2,3)4)19-10-7-17(13-22(19)29)23-11-12-30-32-23/h5-14H,1-4H3,(H,30,32). The summed E-state index contributed by atoms with van der Waals surface area (Å²) in [5.41, 5.74) is 5.25. The van der Waals surface area contributed by atoms with Crippen LogP contribution in [0, 0.1) is 6.92 Å². The summed E-state index contributed by atoms with van der Waals surface area (Å²) in [6.45, 7) is 6.68. The van der Waals surface area contributed by atoms with Crippen molar-refractivity contribution in [1.82, 2.24) is 15.2 Å². The summed E-state index contributed by atoms with van der Waals surface area (Å²) < 4.78 is 31.3. The summed E-state index contributed by atoms with van der Waals surface area (Å²) in [5.74, 6) is 0. The molecule has 6 nitrogen and oxygen atoms in total. The number of rotatable bonds is 4. The van der Waals surface area contributed by atoms with Gasteiger partial charge in [-0.15, -0.1) is 0 Å². The van der Waals surface area contributed by atoms with Crippen molar-refractivity contribution in [2.45, 2.75) is 37.5 Å². The van der Waals surface area contributed by atoms with Gasteiger partial charge < -0.3 is 4.42 Å². The third-order valence-corrected chi connectivity index (χ3v) is 9.17. The topological polar surface area (TPSA) is 88.9 Å². The second-order valence-corrected chi connectivity index (χ2v) is 13.0. The Bertz CT molecular complexity index is 1700. The Morgan fingerprint density at radius 1 is 0.917 bits per heavy atom. The Kier molecular flexibility index (Phi) is 5.98. The molecular formula is C27H23Cl2N3O3S. The third kappa shape index (κ3) is 4.11. The number of hydrogen-bond donors (Lipinski definition) is 1. The fraction of sp³-hybridized carbons (Fsp3) is 0.185. The first-order valence-corrected chi connectivity index (χ1v) is 13.5. The molecule has 2 aromatic carbocycles. The fourth-order valence-electron chi connectivity index (χ4n) is 3.99. The molecule has 5 rings (SSSR count). The van der Waals surface area contributed by atoms with Gasteiger partial charge in [0.1, 0.15) is 0 Å². The molecule has 0 bridgehead atoms. The smallest absolute Gasteiger partial charge is 0.228 e. The average Bonchev–Trinajstić information content (AvgIpc) is 3.47. The van der Waals surface area contributed by atoms with Gasteiger partial charge >= 0.3 is 0 Å². The van der Waals surface area contributed by atoms with Crippen molar-refractivity contribution in [2.75, 3.05) is 0 Å². The number of hydrogen-bond acceptors (Lipinski definition) is 5. The number of nitrogens with one attached hydrogen (secondary N) is 1. The van der Waals surface area contributed by atoms with E-state index in [9.17, 15) is 8.42 Å². The molecule has 1 N–H and O–H groups in total. The van der Waals surface area contributed by atoms with Gasteiger partial charge in [0.25, 0.3) is 0 Å². The lowest BCUT2D eigenvalue weighted by Crippen LogP contribution is -2.28. The second kappa shape index (κ2) is 8.76. The van der Waals surface area contributed by atoms with Crippen molar-refractivity contribution in [3.8, 4) is 33.6 Å². The van der Waals surface area contributed by atoms with Gasteiger partial charge in [-0.05, 0) is 63.6 Å². The molecule has 0 atom stereocenters. The van der Waals surface area contributed by atoms with Crippen LogP contribution in [0.2, 0.25) is 10.0 Å². The van der Waals surface area contributed by atoms with Gasteiger partial charge in [-0.2, -0.15) is 5.10 Å². The maximum atomic E-state index is 13.2. The van der Waals surface area contributed by atoms with Crippen LogP contribution in [0.25, 0.3) is 44.7 Å². The minimum atomic E-state index is -3.73. The number of fused-ring (bicyclic) bond motifs is 1. The van der Waals surface area contributed by atoms with Crippen LogP contribution < -0.4 is 0 Å². The number of aromatic amines is 1. The van der Waals surface area contributed by atoms with E-state index in [2.05, 4.69) is 10.2 Å². The SMILES string of the molecule is Cc1c(S(=O)(=O)C(C)(C)C)oc2nc(-c3ccc(-c4cc[nH]n4)cc3Cl)c(-c3ccc(Cl)cc3)cc12. The number of aryl methyl sites for hydroxylation is 1. The summed E-state index contributed by atoms with van der Waals surface area (Å²) in [6, 6.07) is 16.8. The Labute approximate surface area is 219 Å². The molecule has 36 heavy (non-hydrogen) atoms. The number of sulfone groups is 1. The fourth-order valence-corrected chi connectivity index (χ4v) is 5.65. The van der Waals surface area contributed by atoms with Gasteiger partial charge in [0.05, 0.1) is 21.2 Å². The van der Waals surface area contributed by atoms with E-state index in [0.717, 1.165) is 22.4 Å². The van der Waals surface area contributed by atoms with Crippen LogP contribution in [-0.2, 0) is 9.84 Å². The predicted octanol–water partition coefficient (Wildman–Crippen LogP) is 7.74. The van der Waals surface area contributed by atoms with Gasteiger partial charge in [0, 0.05) is 38.9 Å². The highest BCUT2D eigenvalue weighted by atomic mass is 35.5. The molecule has 0 fully saturated rings. The van der Waals surface area contributed by atoms with Crippen molar-refractivity contribution in [3.63, 3.8) is 0 Å². The van der Waals surface area contributed by atoms with E-state index in [1.165, 1.54) is 0 Å². The molecular weight excluding hydrogens is 517 g/mol. The van der Waals surface area contributed by atoms with Crippen molar-refractivity contribution >= 4 is 44.1 Å². The highest BCUT2D eigenvalue weighted by Gasteiger charge is 2.36. The van der Waals surface area contributed by atoms with E-state index in [4.69, 9.17) is 32.6 Å². The molecule has 0 unspecified atom stereocenters. The van der Waals surface area contributed by atoms with Gasteiger partial charge in [-0.3, -0.25) is 5.10 Å². The quantitative estimate of drug-likeness (QED) is 0.252. The van der Waals surface area contributed by atoms with E-state index in [1.807, 2.05) is 42.5 Å². The highest BCUT2D eigenvalue weighted by molar-refractivity contribution is 7.92. The first kappa shape index (κ1) is 24.6. The second-order valence-electron chi connectivity index (χ2n) is 9.53. The zero-order valence-corrected chi connectivity index (χ0v) is 22.4. The Morgan fingerprint density at radius 2 is 1.61 bits per heavy atom. The van der Waals surface area contributed by atoms with Crippen molar-refractivity contribution < 1.29 is 12.8 Å². The number of benzene rings is 2. The number of aromatic nitrogens is 3. The molecule has 3 heterocycles. The summed E-state index contributed by atoms with van der Waals surface area (Å²) in [6.07, 6.45) is 1.74. The molecule has 184 valence electrons. The maximum Gasteiger partial charge on any atom is 0.228 e. The Morgan fingerprint density at radius 3 is 2.22 bits per heavy atom. The predicted molar refractivity (Wildman–Crippen MR) is 144 cm³/mol. The molecule has 9 heteroatoms. The lowest BCUT2D eigenvalue weighted by Gasteiger charge is -2.17. The van der Waals surface area contributed by atoms with Crippen LogP contribution in [0.4, 0.5) is 0 Å². The first-order chi connectivity index (χ1) is 17.0. The van der Waals surface area contributed by atoms with Crippen LogP contribution in [0.5, 0.6) is 0 Å². The van der Waals surface area contributed by atoms with Gasteiger partial charge in [0.15, 0.2) is 0 Å². The summed E-state index contributed by atoms with van der Waals surface area (Å²) in [7, 11) is -3.73. The lowest BCUT2D eigenvalue weighted by molar-refractivity contribution is 0.458. The van der Waals surface area contributed by atoms with Crippen molar-refractivity contribution in [3.05, 3.63) is 76.4 Å². The molecule has 0 radical (unpaired) electrons. The lowest BCUT2D eigenvalue weighted by atomic mass is 9.97. The largest absolute Gasteiger partial charge is 0.426 e. The first-order valence-electron chi connectivity index (χ1n) is 11.2. The molecule has 3 aromatic heterocycles. The highest BCUT2D eigenvalue weighted by Crippen LogP contribution is 2.41. The van der Waals surface area contributed by atoms with Crippen molar-refractivity contribution in [1.29, 1.82) is 0 Å². The number of halogens is 2. The Hall–Kier alpha value is -3.13. The van der Waals surface area contributed by atoms with E-state index >= 15 is 0 Å². The normalized spacial score (nSPS) is 12.4. The molecule has 0 saturated heterocycles. The van der Waals surface area contributed by atoms with Crippen molar-refractivity contribution in [2.24, 2.45) is 0 Å². The molecule has 0 spiro atoms. The number of H-pyrrole nitrogens is 1. The molecule has 0 aliphatic heterocycles. The summed E-state index contributed by atoms with van der Waals surface area (Å²) >= 11 is 12.9. The zero-order valence-electron chi connectivity index (χ0n) is 20.1. The van der Waals surface area contributed by atoms with Crippen LogP contribution >= 0.6 is 23.2 Å². The summed E-state index contributed by atoms with van der Waals surface area (Å²) in [4.78, 5) is 4.80. The monoisotopic (exact) mass is 539 g/mol. The third-order valence-electron chi connectivity index (χ3n) is 6.11. The molecule has 0 aliphatic carbocycles. The zero-order chi connectivity index (χ0) is 25.8. The molecule has 0 saturated carbocycles. The van der Waals surface area contributed by atoms with Gasteiger partial charge in [0.2, 0.25) is 20.6 Å². The minimum absolute atomic E-state index is 0.0725. The van der Waals surface area contributed by atoms with E-state index in [-0.39, 0.29) is 10.8 Å². The van der Waals surface area contributed by atoms with Gasteiger partial charge in [-0.1, -0.05) is 47.5 Å². The number of pyridine rings is 1.